The molecule has 6 nitrogen and oxygen atoms in total. The van der Waals surface area contributed by atoms with E-state index in [-0.39, 0.29) is 0 Å². The molecular weight excluding hydrogens is 268 g/mol. The zero-order valence-electron chi connectivity index (χ0n) is 10.3. The Kier molecular flexibility index (Phi) is 4.11. The molecule has 0 fully saturated rings. The number of hydrogen-bond donors (Lipinski definition) is 1. The van der Waals surface area contributed by atoms with Gasteiger partial charge in [0.1, 0.15) is 0 Å². The maximum absolute atomic E-state index is 11.3. The average Bonchev–Trinajstić information content (AvgIpc) is 2.84. The lowest BCUT2D eigenvalue weighted by atomic mass is 10.1. The van der Waals surface area contributed by atoms with E-state index in [0.29, 0.717) is 22.8 Å². The lowest BCUT2D eigenvalue weighted by Crippen LogP contribution is -2.21. The first kappa shape index (κ1) is 13.5. The molecule has 1 N–H and O–H groups in total. The number of tetrazole rings is 1. The summed E-state index contributed by atoms with van der Waals surface area (Å²) in [4.78, 5) is 11.3. The Balaban J connectivity index is 2.47. The summed E-state index contributed by atoms with van der Waals surface area (Å²) in [5, 5.41) is 21.0. The Hall–Kier alpha value is -1.95. The molecule has 0 aliphatic carbocycles. The molecule has 1 unspecified atom stereocenters. The number of hydrogen-bond acceptors (Lipinski definition) is 4. The Morgan fingerprint density at radius 1 is 1.47 bits per heavy atom. The van der Waals surface area contributed by atoms with Gasteiger partial charge < -0.3 is 5.11 Å². The Morgan fingerprint density at radius 3 is 2.84 bits per heavy atom. The second-order valence-electron chi connectivity index (χ2n) is 4.07. The monoisotopic (exact) mass is 280 g/mol. The van der Waals surface area contributed by atoms with Crippen LogP contribution in [0.25, 0.3) is 11.4 Å². The zero-order chi connectivity index (χ0) is 13.8. The Labute approximate surface area is 115 Å². The normalized spacial score (nSPS) is 12.3. The number of nitrogens with zero attached hydrogens (tertiary/aromatic N) is 4. The summed E-state index contributed by atoms with van der Waals surface area (Å²) in [5.41, 5.74) is 0.622. The molecule has 1 atom stereocenters. The Bertz CT molecular complexity index is 585. The van der Waals surface area contributed by atoms with Gasteiger partial charge in [0.15, 0.2) is 11.9 Å². The van der Waals surface area contributed by atoms with Crippen LogP contribution in [0.1, 0.15) is 25.8 Å². The minimum absolute atomic E-state index is 0.367. The number of rotatable bonds is 5. The number of aliphatic carboxylic acids is 1. The van der Waals surface area contributed by atoms with Gasteiger partial charge in [-0.25, -0.2) is 9.48 Å². The van der Waals surface area contributed by atoms with E-state index >= 15 is 0 Å². The SMILES string of the molecule is CCCC(C(=O)O)n1nnnc1-c1ccccc1Cl. The molecule has 100 valence electrons. The lowest BCUT2D eigenvalue weighted by molar-refractivity contribution is -0.141. The van der Waals surface area contributed by atoms with Gasteiger partial charge in [0.2, 0.25) is 0 Å². The lowest BCUT2D eigenvalue weighted by Gasteiger charge is -2.13. The molecule has 1 heterocycles. The minimum atomic E-state index is -0.956. The number of carbonyl (C=O) groups is 1. The van der Waals surface area contributed by atoms with Crippen LogP contribution < -0.4 is 0 Å². The second-order valence-corrected chi connectivity index (χ2v) is 4.48. The number of carboxylic acid groups (broad SMARTS) is 1. The van der Waals surface area contributed by atoms with Gasteiger partial charge in [-0.1, -0.05) is 37.1 Å². The van der Waals surface area contributed by atoms with Crippen molar-refractivity contribution in [2.24, 2.45) is 0 Å². The maximum Gasteiger partial charge on any atom is 0.328 e. The van der Waals surface area contributed by atoms with Crippen molar-refractivity contribution in [1.29, 1.82) is 0 Å². The third kappa shape index (κ3) is 2.73. The summed E-state index contributed by atoms with van der Waals surface area (Å²) >= 11 is 6.09. The van der Waals surface area contributed by atoms with Gasteiger partial charge in [-0.05, 0) is 29.0 Å². The van der Waals surface area contributed by atoms with Crippen LogP contribution in [0.15, 0.2) is 24.3 Å². The van der Waals surface area contributed by atoms with E-state index in [0.717, 1.165) is 6.42 Å². The largest absolute Gasteiger partial charge is 0.480 e. The third-order valence-corrected chi connectivity index (χ3v) is 3.08. The van der Waals surface area contributed by atoms with Gasteiger partial charge in [-0.3, -0.25) is 0 Å². The van der Waals surface area contributed by atoms with Crippen LogP contribution in [0.4, 0.5) is 0 Å². The summed E-state index contributed by atoms with van der Waals surface area (Å²) in [6, 6.07) is 6.28. The van der Waals surface area contributed by atoms with Crippen molar-refractivity contribution in [1.82, 2.24) is 20.2 Å². The van der Waals surface area contributed by atoms with Gasteiger partial charge in [0.05, 0.1) is 5.02 Å². The highest BCUT2D eigenvalue weighted by Gasteiger charge is 2.24. The van der Waals surface area contributed by atoms with Gasteiger partial charge >= 0.3 is 5.97 Å². The van der Waals surface area contributed by atoms with E-state index in [1.54, 1.807) is 24.3 Å². The maximum atomic E-state index is 11.3. The first-order valence-corrected chi connectivity index (χ1v) is 6.28. The molecule has 0 saturated carbocycles. The highest BCUT2D eigenvalue weighted by Crippen LogP contribution is 2.27. The van der Waals surface area contributed by atoms with Crippen LogP contribution in [0.5, 0.6) is 0 Å². The molecule has 0 aliphatic rings. The molecule has 0 aliphatic heterocycles. The molecule has 7 heteroatoms. The molecular formula is C12H13ClN4O2. The highest BCUT2D eigenvalue weighted by molar-refractivity contribution is 6.33. The third-order valence-electron chi connectivity index (χ3n) is 2.75. The van der Waals surface area contributed by atoms with Crippen LogP contribution in [-0.4, -0.2) is 31.3 Å². The van der Waals surface area contributed by atoms with E-state index in [9.17, 15) is 9.90 Å². The van der Waals surface area contributed by atoms with E-state index in [1.165, 1.54) is 4.68 Å². The van der Waals surface area contributed by atoms with E-state index < -0.39 is 12.0 Å². The van der Waals surface area contributed by atoms with Crippen molar-refractivity contribution in [3.8, 4) is 11.4 Å². The van der Waals surface area contributed by atoms with Crippen LogP contribution in [0, 0.1) is 0 Å². The molecule has 1 aromatic carbocycles. The predicted molar refractivity (Wildman–Crippen MR) is 69.8 cm³/mol. The molecule has 0 saturated heterocycles. The number of carboxylic acids is 1. The number of halogens is 1. The molecule has 0 amide bonds. The summed E-state index contributed by atoms with van der Waals surface area (Å²) in [7, 11) is 0. The van der Waals surface area contributed by atoms with Crippen molar-refractivity contribution in [3.63, 3.8) is 0 Å². The fourth-order valence-electron chi connectivity index (χ4n) is 1.85. The van der Waals surface area contributed by atoms with Crippen molar-refractivity contribution in [3.05, 3.63) is 29.3 Å². The van der Waals surface area contributed by atoms with Gasteiger partial charge in [-0.2, -0.15) is 0 Å². The van der Waals surface area contributed by atoms with E-state index in [4.69, 9.17) is 11.6 Å². The second kappa shape index (κ2) is 5.79. The molecule has 0 radical (unpaired) electrons. The molecule has 2 aromatic rings. The van der Waals surface area contributed by atoms with Gasteiger partial charge in [0.25, 0.3) is 0 Å². The van der Waals surface area contributed by atoms with Crippen molar-refractivity contribution in [2.45, 2.75) is 25.8 Å². The average molecular weight is 281 g/mol. The summed E-state index contributed by atoms with van der Waals surface area (Å²) < 4.78 is 1.31. The first-order chi connectivity index (χ1) is 9.15. The highest BCUT2D eigenvalue weighted by atomic mass is 35.5. The fraction of sp³-hybridized carbons (Fsp3) is 0.333. The number of aromatic nitrogens is 4. The smallest absolute Gasteiger partial charge is 0.328 e. The van der Waals surface area contributed by atoms with Crippen molar-refractivity contribution in [2.75, 3.05) is 0 Å². The van der Waals surface area contributed by atoms with Crippen molar-refractivity contribution < 1.29 is 9.90 Å². The van der Waals surface area contributed by atoms with Crippen LogP contribution >= 0.6 is 11.6 Å². The van der Waals surface area contributed by atoms with Gasteiger partial charge in [0, 0.05) is 5.56 Å². The Morgan fingerprint density at radius 2 is 2.21 bits per heavy atom. The summed E-state index contributed by atoms with van der Waals surface area (Å²) in [6.07, 6.45) is 1.18. The predicted octanol–water partition coefficient (Wildman–Crippen LogP) is 2.42. The summed E-state index contributed by atoms with van der Waals surface area (Å²) in [6.45, 7) is 1.91. The van der Waals surface area contributed by atoms with E-state index in [2.05, 4.69) is 15.5 Å². The van der Waals surface area contributed by atoms with Gasteiger partial charge in [-0.15, -0.1) is 5.10 Å². The molecule has 2 rings (SSSR count). The number of benzene rings is 1. The fourth-order valence-corrected chi connectivity index (χ4v) is 2.07. The quantitative estimate of drug-likeness (QED) is 0.909. The molecule has 1 aromatic heterocycles. The first-order valence-electron chi connectivity index (χ1n) is 5.90. The molecule has 0 bridgehead atoms. The summed E-state index contributed by atoms with van der Waals surface area (Å²) in [5.74, 6) is -0.589. The topological polar surface area (TPSA) is 80.9 Å². The van der Waals surface area contributed by atoms with Crippen LogP contribution in [0.3, 0.4) is 0 Å². The molecule has 0 spiro atoms. The van der Waals surface area contributed by atoms with Crippen LogP contribution in [0.2, 0.25) is 5.02 Å². The zero-order valence-corrected chi connectivity index (χ0v) is 11.1. The minimum Gasteiger partial charge on any atom is -0.480 e. The van der Waals surface area contributed by atoms with Crippen molar-refractivity contribution >= 4 is 17.6 Å². The standard InChI is InChI=1S/C12H13ClN4O2/c1-2-5-10(12(18)19)17-11(14-15-16-17)8-6-3-4-7-9(8)13/h3-4,6-7,10H,2,5H2,1H3,(H,18,19). The van der Waals surface area contributed by atoms with E-state index in [1.807, 2.05) is 6.92 Å². The molecule has 19 heavy (non-hydrogen) atoms. The van der Waals surface area contributed by atoms with Crippen LogP contribution in [-0.2, 0) is 4.79 Å².